The first kappa shape index (κ1) is 24.7. The Labute approximate surface area is 185 Å². The third-order valence-electron chi connectivity index (χ3n) is 5.25. The van der Waals surface area contributed by atoms with Crippen LogP contribution in [-0.2, 0) is 23.8 Å². The van der Waals surface area contributed by atoms with Crippen LogP contribution in [0.2, 0.25) is 0 Å². The van der Waals surface area contributed by atoms with Gasteiger partial charge in [-0.05, 0) is 30.7 Å². The van der Waals surface area contributed by atoms with Crippen LogP contribution in [-0.4, -0.2) is 46.1 Å². The number of ether oxygens (including phenoxy) is 4. The molecule has 0 aliphatic carbocycles. The Balaban J connectivity index is 1.90. The van der Waals surface area contributed by atoms with Gasteiger partial charge < -0.3 is 23.8 Å². The number of carbonyl (C=O) groups is 2. The molecule has 7 heteroatoms. The Hall–Kier alpha value is -2.54. The Kier molecular flexibility index (Phi) is 10.9. The van der Waals surface area contributed by atoms with Gasteiger partial charge in [0.25, 0.3) is 0 Å². The van der Waals surface area contributed by atoms with Gasteiger partial charge in [0.2, 0.25) is 0 Å². The fourth-order valence-corrected chi connectivity index (χ4v) is 3.50. The van der Waals surface area contributed by atoms with Crippen LogP contribution in [0, 0.1) is 0 Å². The van der Waals surface area contributed by atoms with Gasteiger partial charge in [0.05, 0.1) is 33.0 Å². The minimum Gasteiger partial charge on any atom is -0.494 e. The number of unbranched alkanes of at least 4 members (excludes halogenated alkanes) is 7. The first-order valence-corrected chi connectivity index (χ1v) is 11.1. The van der Waals surface area contributed by atoms with E-state index in [4.69, 9.17) is 18.9 Å². The molecule has 0 atom stereocenters. The van der Waals surface area contributed by atoms with Crippen LogP contribution in [0.15, 0.2) is 35.5 Å². The molecular weight excluding hydrogens is 398 g/mol. The lowest BCUT2D eigenvalue weighted by molar-refractivity contribution is -0.140. The second-order valence-electron chi connectivity index (χ2n) is 7.53. The van der Waals surface area contributed by atoms with E-state index in [0.29, 0.717) is 12.3 Å². The maximum absolute atomic E-state index is 12.3. The summed E-state index contributed by atoms with van der Waals surface area (Å²) in [5.74, 6) is -0.462. The molecule has 2 rings (SSSR count). The van der Waals surface area contributed by atoms with Crippen LogP contribution in [0.25, 0.3) is 0 Å². The van der Waals surface area contributed by atoms with Gasteiger partial charge in [0, 0.05) is 5.69 Å². The van der Waals surface area contributed by atoms with E-state index in [1.807, 2.05) is 24.3 Å². The van der Waals surface area contributed by atoms with Crippen molar-refractivity contribution in [3.63, 3.8) is 0 Å². The van der Waals surface area contributed by atoms with E-state index < -0.39 is 11.9 Å². The summed E-state index contributed by atoms with van der Waals surface area (Å²) in [5.41, 5.74) is 0.963. The Morgan fingerprint density at radius 1 is 0.903 bits per heavy atom. The zero-order valence-electron chi connectivity index (χ0n) is 19.0. The van der Waals surface area contributed by atoms with Crippen molar-refractivity contribution in [2.75, 3.05) is 39.1 Å². The van der Waals surface area contributed by atoms with Gasteiger partial charge in [-0.3, -0.25) is 0 Å². The van der Waals surface area contributed by atoms with Crippen molar-refractivity contribution in [1.29, 1.82) is 0 Å². The quantitative estimate of drug-likeness (QED) is 0.332. The normalized spacial score (nSPS) is 13.8. The van der Waals surface area contributed by atoms with Crippen molar-refractivity contribution in [2.45, 2.75) is 58.3 Å². The minimum absolute atomic E-state index is 0.00654. The molecule has 0 saturated carbocycles. The Bertz CT molecular complexity index is 728. The highest BCUT2D eigenvalue weighted by molar-refractivity contribution is 6.03. The van der Waals surface area contributed by atoms with Crippen LogP contribution in [0.3, 0.4) is 0 Å². The average molecular weight is 434 g/mol. The number of anilines is 1. The molecule has 31 heavy (non-hydrogen) atoms. The molecule has 0 amide bonds. The first-order chi connectivity index (χ1) is 15.1. The summed E-state index contributed by atoms with van der Waals surface area (Å²) >= 11 is 0. The summed E-state index contributed by atoms with van der Waals surface area (Å²) in [7, 11) is 2.54. The van der Waals surface area contributed by atoms with Crippen LogP contribution in [0.4, 0.5) is 5.69 Å². The van der Waals surface area contributed by atoms with E-state index in [1.165, 1.54) is 59.2 Å². The third-order valence-corrected chi connectivity index (χ3v) is 5.25. The van der Waals surface area contributed by atoms with E-state index >= 15 is 0 Å². The molecule has 7 nitrogen and oxygen atoms in total. The zero-order chi connectivity index (χ0) is 22.5. The highest BCUT2D eigenvalue weighted by Crippen LogP contribution is 2.28. The van der Waals surface area contributed by atoms with Crippen LogP contribution in [0.5, 0.6) is 5.75 Å². The second kappa shape index (κ2) is 13.7. The number of carbonyl (C=O) groups excluding carboxylic acids is 2. The molecule has 1 aromatic rings. The van der Waals surface area contributed by atoms with Gasteiger partial charge in [-0.2, -0.15) is 0 Å². The number of benzene rings is 1. The average Bonchev–Trinajstić information content (AvgIpc) is 2.82. The first-order valence-electron chi connectivity index (χ1n) is 11.1. The maximum Gasteiger partial charge on any atom is 0.355 e. The van der Waals surface area contributed by atoms with E-state index in [2.05, 4.69) is 6.92 Å². The molecular formula is C24H35NO6. The van der Waals surface area contributed by atoms with Gasteiger partial charge in [-0.25, -0.2) is 9.59 Å². The number of rotatable bonds is 13. The number of nitrogens with zero attached hydrogens (tertiary/aromatic N) is 1. The standard InChI is InChI=1S/C24H35NO6/c1-4-5-6-7-8-9-10-11-16-31-20-14-12-19(13-15-20)25-18-30-17-21(23(26)28-2)22(25)24(27)29-3/h12-15H,4-11,16-18H2,1-3H3. The molecule has 0 unspecified atom stereocenters. The Morgan fingerprint density at radius 2 is 1.52 bits per heavy atom. The summed E-state index contributed by atoms with van der Waals surface area (Å²) in [6.45, 7) is 3.04. The molecule has 1 aromatic carbocycles. The van der Waals surface area contributed by atoms with E-state index in [-0.39, 0.29) is 24.6 Å². The Morgan fingerprint density at radius 3 is 2.13 bits per heavy atom. The molecule has 0 N–H and O–H groups in total. The van der Waals surface area contributed by atoms with E-state index in [1.54, 1.807) is 4.90 Å². The van der Waals surface area contributed by atoms with E-state index in [0.717, 1.165) is 12.2 Å². The monoisotopic (exact) mass is 433 g/mol. The van der Waals surface area contributed by atoms with Crippen molar-refractivity contribution < 1.29 is 28.5 Å². The van der Waals surface area contributed by atoms with Crippen molar-refractivity contribution in [3.05, 3.63) is 35.5 Å². The molecule has 0 fully saturated rings. The molecule has 0 bridgehead atoms. The summed E-state index contributed by atoms with van der Waals surface area (Å²) in [5, 5.41) is 0. The number of esters is 2. The molecule has 0 saturated heterocycles. The van der Waals surface area contributed by atoms with Crippen LogP contribution < -0.4 is 9.64 Å². The van der Waals surface area contributed by atoms with Gasteiger partial charge in [-0.15, -0.1) is 0 Å². The molecule has 1 heterocycles. The van der Waals surface area contributed by atoms with Crippen molar-refractivity contribution in [3.8, 4) is 5.75 Å². The largest absolute Gasteiger partial charge is 0.494 e. The predicted octanol–water partition coefficient (Wildman–Crippen LogP) is 4.60. The SMILES string of the molecule is CCCCCCCCCCOc1ccc(N2COCC(C(=O)OC)=C2C(=O)OC)cc1. The number of hydrogen-bond donors (Lipinski definition) is 0. The van der Waals surface area contributed by atoms with Crippen LogP contribution >= 0.6 is 0 Å². The lowest BCUT2D eigenvalue weighted by Gasteiger charge is -2.31. The number of methoxy groups -OCH3 is 2. The smallest absolute Gasteiger partial charge is 0.355 e. The van der Waals surface area contributed by atoms with Gasteiger partial charge >= 0.3 is 11.9 Å². The highest BCUT2D eigenvalue weighted by atomic mass is 16.5. The van der Waals surface area contributed by atoms with E-state index in [9.17, 15) is 9.59 Å². The van der Waals surface area contributed by atoms with Crippen molar-refractivity contribution >= 4 is 17.6 Å². The number of hydrogen-bond acceptors (Lipinski definition) is 7. The zero-order valence-corrected chi connectivity index (χ0v) is 19.0. The minimum atomic E-state index is -0.615. The molecule has 1 aliphatic rings. The molecule has 0 spiro atoms. The second-order valence-corrected chi connectivity index (χ2v) is 7.53. The van der Waals surface area contributed by atoms with Gasteiger partial charge in [0.15, 0.2) is 0 Å². The van der Waals surface area contributed by atoms with Crippen LogP contribution in [0.1, 0.15) is 58.3 Å². The topological polar surface area (TPSA) is 74.3 Å². The summed E-state index contributed by atoms with van der Waals surface area (Å²) in [6, 6.07) is 7.36. The summed E-state index contributed by atoms with van der Waals surface area (Å²) in [4.78, 5) is 26.0. The fraction of sp³-hybridized carbons (Fsp3) is 0.583. The predicted molar refractivity (Wildman–Crippen MR) is 119 cm³/mol. The highest BCUT2D eigenvalue weighted by Gasteiger charge is 2.32. The van der Waals surface area contributed by atoms with Gasteiger partial charge in [-0.1, -0.05) is 51.9 Å². The fourth-order valence-electron chi connectivity index (χ4n) is 3.50. The third kappa shape index (κ3) is 7.58. The summed E-state index contributed by atoms with van der Waals surface area (Å²) < 4.78 is 21.0. The lowest BCUT2D eigenvalue weighted by Crippen LogP contribution is -2.38. The van der Waals surface area contributed by atoms with Crippen molar-refractivity contribution in [1.82, 2.24) is 0 Å². The van der Waals surface area contributed by atoms with Crippen molar-refractivity contribution in [2.24, 2.45) is 0 Å². The summed E-state index contributed by atoms with van der Waals surface area (Å²) in [6.07, 6.45) is 10.1. The molecule has 1 aliphatic heterocycles. The molecule has 0 radical (unpaired) electrons. The van der Waals surface area contributed by atoms with Gasteiger partial charge in [0.1, 0.15) is 18.2 Å². The molecule has 0 aromatic heterocycles. The lowest BCUT2D eigenvalue weighted by atomic mass is 10.1. The molecule has 172 valence electrons. The maximum atomic E-state index is 12.3.